The van der Waals surface area contributed by atoms with Crippen LogP contribution < -0.4 is 0 Å². The first-order valence-electron chi connectivity index (χ1n) is 43.8. The minimum atomic E-state index is -4.97. The number of phosphoric ester groups is 2. The molecule has 0 aliphatic carbocycles. The number of phosphoric acid groups is 2. The molecule has 19 heteroatoms. The van der Waals surface area contributed by atoms with Crippen molar-refractivity contribution in [2.45, 2.75) is 459 Å². The molecule has 618 valence electrons. The van der Waals surface area contributed by atoms with E-state index in [1.54, 1.807) is 0 Å². The van der Waals surface area contributed by atoms with E-state index in [9.17, 15) is 43.2 Å². The van der Waals surface area contributed by atoms with Crippen LogP contribution in [0.5, 0.6) is 0 Å². The quantitative estimate of drug-likeness (QED) is 0.0222. The summed E-state index contributed by atoms with van der Waals surface area (Å²) >= 11 is 0. The Labute approximate surface area is 638 Å². The molecule has 0 bridgehead atoms. The summed E-state index contributed by atoms with van der Waals surface area (Å²) in [5.41, 5.74) is 0. The molecule has 7 atom stereocenters. The third-order valence-corrected chi connectivity index (χ3v) is 22.4. The van der Waals surface area contributed by atoms with Gasteiger partial charge in [0, 0.05) is 25.7 Å². The smallest absolute Gasteiger partial charge is 0.462 e. The number of rotatable bonds is 82. The van der Waals surface area contributed by atoms with Crippen molar-refractivity contribution in [3.8, 4) is 0 Å². The van der Waals surface area contributed by atoms with Gasteiger partial charge in [-0.25, -0.2) is 9.13 Å². The number of aliphatic hydroxyl groups excluding tert-OH is 1. The maximum absolute atomic E-state index is 13.1. The molecule has 0 amide bonds. The molecule has 0 fully saturated rings. The third kappa shape index (κ3) is 75.5. The summed E-state index contributed by atoms with van der Waals surface area (Å²) in [5, 5.41) is 10.7. The Hall–Kier alpha value is -1.94. The highest BCUT2D eigenvalue weighted by atomic mass is 31.2. The van der Waals surface area contributed by atoms with Crippen molar-refractivity contribution in [3.63, 3.8) is 0 Å². The van der Waals surface area contributed by atoms with E-state index < -0.39 is 97.5 Å². The van der Waals surface area contributed by atoms with E-state index in [1.165, 1.54) is 238 Å². The molecule has 0 aliphatic rings. The standard InChI is InChI=1S/C85H166O17P2/c1-9-77(7)63-55-47-39-31-25-19-15-13-11-12-14-16-22-28-34-42-51-59-67-84(89)101-80(71-95-82(87)65-57-49-41-33-27-21-18-17-20-26-32-40-48-56-64-78(8)10-2)73-99-103(91,92)97-69-79(86)70-98-104(93,94)100-74-81(72-96-83(88)66-58-50-44-36-38-46-54-62-76(5)6)102-85(90)68-60-52-43-35-29-23-24-30-37-45-53-61-75(3)4/h75-81,86H,9-74H2,1-8H3,(H,91,92)(H,93,94)/t77?,78?,79?,80-,81-/m1/s1. The average molecular weight is 1520 g/mol. The van der Waals surface area contributed by atoms with Crippen LogP contribution in [0, 0.1) is 23.7 Å². The molecular formula is C85H166O17P2. The minimum Gasteiger partial charge on any atom is -0.462 e. The van der Waals surface area contributed by atoms with Gasteiger partial charge in [0.2, 0.25) is 0 Å². The van der Waals surface area contributed by atoms with E-state index in [-0.39, 0.29) is 25.7 Å². The third-order valence-electron chi connectivity index (χ3n) is 20.5. The fourth-order valence-electron chi connectivity index (χ4n) is 13.1. The average Bonchev–Trinajstić information content (AvgIpc) is 0.910. The van der Waals surface area contributed by atoms with Gasteiger partial charge < -0.3 is 33.8 Å². The summed E-state index contributed by atoms with van der Waals surface area (Å²) in [6.07, 6.45) is 62.5. The number of hydrogen-bond acceptors (Lipinski definition) is 15. The number of unbranched alkanes of at least 4 members (excludes halogenated alkanes) is 46. The van der Waals surface area contributed by atoms with Gasteiger partial charge in [-0.05, 0) is 49.4 Å². The summed E-state index contributed by atoms with van der Waals surface area (Å²) in [4.78, 5) is 73.1. The molecule has 3 N–H and O–H groups in total. The number of hydrogen-bond donors (Lipinski definition) is 3. The summed E-state index contributed by atoms with van der Waals surface area (Å²) in [6.45, 7) is 14.3. The van der Waals surface area contributed by atoms with Crippen LogP contribution in [-0.2, 0) is 65.4 Å². The zero-order chi connectivity index (χ0) is 76.7. The Morgan fingerprint density at radius 2 is 0.462 bits per heavy atom. The zero-order valence-corrected chi connectivity index (χ0v) is 70.5. The number of carbonyl (C=O) groups is 4. The molecule has 0 aliphatic heterocycles. The molecule has 5 unspecified atom stereocenters. The van der Waals surface area contributed by atoms with Crippen molar-refractivity contribution in [1.29, 1.82) is 0 Å². The molecule has 0 rings (SSSR count). The highest BCUT2D eigenvalue weighted by Crippen LogP contribution is 2.45. The second kappa shape index (κ2) is 73.8. The van der Waals surface area contributed by atoms with Crippen molar-refractivity contribution >= 4 is 39.5 Å². The van der Waals surface area contributed by atoms with Gasteiger partial charge in [-0.3, -0.25) is 37.3 Å². The lowest BCUT2D eigenvalue weighted by molar-refractivity contribution is -0.161. The summed E-state index contributed by atoms with van der Waals surface area (Å²) in [7, 11) is -9.93. The van der Waals surface area contributed by atoms with E-state index in [0.29, 0.717) is 31.6 Å². The Balaban J connectivity index is 5.23. The summed E-state index contributed by atoms with van der Waals surface area (Å²) in [6, 6.07) is 0. The second-order valence-electron chi connectivity index (χ2n) is 32.0. The van der Waals surface area contributed by atoms with Crippen LogP contribution in [0.4, 0.5) is 0 Å². The van der Waals surface area contributed by atoms with Crippen molar-refractivity contribution in [1.82, 2.24) is 0 Å². The molecule has 0 aromatic rings. The summed E-state index contributed by atoms with van der Waals surface area (Å²) in [5.74, 6) is 1.08. The fraction of sp³-hybridized carbons (Fsp3) is 0.953. The van der Waals surface area contributed by atoms with E-state index in [1.807, 2.05) is 0 Å². The molecule has 0 radical (unpaired) electrons. The van der Waals surface area contributed by atoms with E-state index >= 15 is 0 Å². The predicted octanol–water partition coefficient (Wildman–Crippen LogP) is 25.6. The Morgan fingerprint density at radius 3 is 0.683 bits per heavy atom. The Kier molecular flexibility index (Phi) is 72.5. The molecule has 17 nitrogen and oxygen atoms in total. The van der Waals surface area contributed by atoms with Crippen molar-refractivity contribution in [2.75, 3.05) is 39.6 Å². The van der Waals surface area contributed by atoms with Crippen LogP contribution in [0.3, 0.4) is 0 Å². The number of carbonyl (C=O) groups excluding carboxylic acids is 4. The highest BCUT2D eigenvalue weighted by molar-refractivity contribution is 7.47. The molecule has 0 aromatic carbocycles. The van der Waals surface area contributed by atoms with E-state index in [2.05, 4.69) is 55.4 Å². The SMILES string of the molecule is CCC(C)CCCCCCCCCCCCCCCCCCCCC(=O)O[C@H](COC(=O)CCCCCCCCCCCCCCCCC(C)CC)COP(=O)(O)OCC(O)COP(=O)(O)OC[C@@H](COC(=O)CCCCCCCCCC(C)C)OC(=O)CCCCCCCCCCCCCC(C)C. The lowest BCUT2D eigenvalue weighted by atomic mass is 9.99. The number of esters is 4. The summed E-state index contributed by atoms with van der Waals surface area (Å²) < 4.78 is 68.8. The molecule has 0 aromatic heterocycles. The number of ether oxygens (including phenoxy) is 4. The van der Waals surface area contributed by atoms with Crippen molar-refractivity contribution < 1.29 is 80.2 Å². The van der Waals surface area contributed by atoms with Crippen LogP contribution in [-0.4, -0.2) is 96.7 Å². The Morgan fingerprint density at radius 1 is 0.269 bits per heavy atom. The first-order chi connectivity index (χ1) is 50.2. The van der Waals surface area contributed by atoms with Crippen molar-refractivity contribution in [2.24, 2.45) is 23.7 Å². The van der Waals surface area contributed by atoms with Crippen LogP contribution in [0.2, 0.25) is 0 Å². The number of aliphatic hydroxyl groups is 1. The highest BCUT2D eigenvalue weighted by Gasteiger charge is 2.30. The second-order valence-corrected chi connectivity index (χ2v) is 34.9. The first-order valence-corrected chi connectivity index (χ1v) is 46.8. The van der Waals surface area contributed by atoms with Crippen LogP contribution in [0.15, 0.2) is 0 Å². The topological polar surface area (TPSA) is 237 Å². The minimum absolute atomic E-state index is 0.106. The largest absolute Gasteiger partial charge is 0.472 e. The molecule has 0 saturated heterocycles. The lowest BCUT2D eigenvalue weighted by Crippen LogP contribution is -2.30. The van der Waals surface area contributed by atoms with Gasteiger partial charge >= 0.3 is 39.5 Å². The Bertz CT molecular complexity index is 2030. The first kappa shape index (κ1) is 102. The molecule has 0 saturated carbocycles. The molecule has 0 heterocycles. The van der Waals surface area contributed by atoms with E-state index in [4.69, 9.17) is 37.0 Å². The monoisotopic (exact) mass is 1520 g/mol. The van der Waals surface area contributed by atoms with Gasteiger partial charge in [0.15, 0.2) is 12.2 Å². The predicted molar refractivity (Wildman–Crippen MR) is 428 cm³/mol. The van der Waals surface area contributed by atoms with Crippen molar-refractivity contribution in [3.05, 3.63) is 0 Å². The fourth-order valence-corrected chi connectivity index (χ4v) is 14.7. The maximum atomic E-state index is 13.1. The van der Waals surface area contributed by atoms with Gasteiger partial charge in [0.05, 0.1) is 26.4 Å². The van der Waals surface area contributed by atoms with Gasteiger partial charge in [0.1, 0.15) is 19.3 Å². The zero-order valence-electron chi connectivity index (χ0n) is 68.7. The maximum Gasteiger partial charge on any atom is 0.472 e. The molecule has 104 heavy (non-hydrogen) atoms. The van der Waals surface area contributed by atoms with Gasteiger partial charge in [-0.1, -0.05) is 389 Å². The van der Waals surface area contributed by atoms with Gasteiger partial charge in [-0.15, -0.1) is 0 Å². The normalized spacial score (nSPS) is 14.5. The van der Waals surface area contributed by atoms with Crippen LogP contribution >= 0.6 is 15.6 Å². The van der Waals surface area contributed by atoms with Gasteiger partial charge in [0.25, 0.3) is 0 Å². The van der Waals surface area contributed by atoms with Crippen LogP contribution in [0.1, 0.15) is 441 Å². The molecular weight excluding hydrogens is 1350 g/mol. The lowest BCUT2D eigenvalue weighted by Gasteiger charge is -2.21. The van der Waals surface area contributed by atoms with Crippen LogP contribution in [0.25, 0.3) is 0 Å². The molecule has 0 spiro atoms. The van der Waals surface area contributed by atoms with E-state index in [0.717, 1.165) is 114 Å². The van der Waals surface area contributed by atoms with Gasteiger partial charge in [-0.2, -0.15) is 0 Å².